The van der Waals surface area contributed by atoms with E-state index in [1.54, 1.807) is 35.2 Å². The number of para-hydroxylation sites is 2. The van der Waals surface area contributed by atoms with Gasteiger partial charge in [0.05, 0.1) is 24.0 Å². The van der Waals surface area contributed by atoms with E-state index in [0.717, 1.165) is 6.07 Å². The molecular formula is C26H22F8N2O3. The molecule has 0 radical (unpaired) electrons. The van der Waals surface area contributed by atoms with Crippen molar-refractivity contribution in [1.29, 1.82) is 0 Å². The van der Waals surface area contributed by atoms with Crippen molar-refractivity contribution in [2.75, 3.05) is 22.9 Å². The number of hydrogen-bond donors (Lipinski definition) is 1. The highest BCUT2D eigenvalue weighted by Crippen LogP contribution is 2.43. The van der Waals surface area contributed by atoms with Crippen LogP contribution in [0, 0.1) is 0 Å². The van der Waals surface area contributed by atoms with Crippen LogP contribution in [0.25, 0.3) is 0 Å². The summed E-state index contributed by atoms with van der Waals surface area (Å²) in [5.74, 6) is -0.644. The summed E-state index contributed by atoms with van der Waals surface area (Å²) in [7, 11) is 0. The largest absolute Gasteiger partial charge is 0.573 e. The lowest BCUT2D eigenvalue weighted by molar-refractivity contribution is -0.274. The second-order valence-electron chi connectivity index (χ2n) is 8.74. The number of nitrogens with zero attached hydrogens (tertiary/aromatic N) is 2. The molecule has 2 atom stereocenters. The van der Waals surface area contributed by atoms with Crippen LogP contribution in [-0.4, -0.2) is 43.5 Å². The van der Waals surface area contributed by atoms with Crippen molar-refractivity contribution in [3.05, 3.63) is 83.9 Å². The van der Waals surface area contributed by atoms with E-state index in [4.69, 9.17) is 0 Å². The highest BCUT2D eigenvalue weighted by molar-refractivity contribution is 5.75. The molecule has 5 nitrogen and oxygen atoms in total. The zero-order valence-corrected chi connectivity index (χ0v) is 20.0. The second kappa shape index (κ2) is 11.2. The van der Waals surface area contributed by atoms with Crippen molar-refractivity contribution >= 4 is 11.4 Å². The summed E-state index contributed by atoms with van der Waals surface area (Å²) in [4.78, 5) is 3.07. The van der Waals surface area contributed by atoms with Crippen molar-refractivity contribution in [3.63, 3.8) is 0 Å². The van der Waals surface area contributed by atoms with E-state index in [2.05, 4.69) is 9.47 Å². The Hall–Kier alpha value is -3.74. The first-order valence-corrected chi connectivity index (χ1v) is 11.5. The van der Waals surface area contributed by atoms with E-state index in [0.29, 0.717) is 22.5 Å². The Labute approximate surface area is 217 Å². The Morgan fingerprint density at radius 2 is 1.51 bits per heavy atom. The van der Waals surface area contributed by atoms with Gasteiger partial charge in [0.2, 0.25) is 0 Å². The normalized spacial score (nSPS) is 16.7. The zero-order valence-electron chi connectivity index (χ0n) is 20.0. The Bertz CT molecular complexity index is 1270. The van der Waals surface area contributed by atoms with Crippen LogP contribution in [0.2, 0.25) is 0 Å². The summed E-state index contributed by atoms with van der Waals surface area (Å²) < 4.78 is 112. The lowest BCUT2D eigenvalue weighted by atomic mass is 9.98. The first-order valence-electron chi connectivity index (χ1n) is 11.5. The number of hydrogen-bond acceptors (Lipinski definition) is 5. The van der Waals surface area contributed by atoms with E-state index < -0.39 is 43.6 Å². The van der Waals surface area contributed by atoms with Gasteiger partial charge in [-0.25, -0.2) is 0 Å². The number of halogens is 8. The molecular weight excluding hydrogens is 540 g/mol. The number of anilines is 2. The molecule has 0 saturated heterocycles. The molecule has 0 saturated carbocycles. The minimum atomic E-state index is -4.92. The summed E-state index contributed by atoms with van der Waals surface area (Å²) in [5, 5.41) is 9.92. The van der Waals surface area contributed by atoms with Gasteiger partial charge in [0.15, 0.2) is 6.10 Å². The van der Waals surface area contributed by atoms with Crippen molar-refractivity contribution in [1.82, 2.24) is 0 Å². The number of β-amino-alcohol motifs (C(OH)–C–C–N with tert-alkyl or cyclic N) is 1. The lowest BCUT2D eigenvalue weighted by Gasteiger charge is -2.45. The highest BCUT2D eigenvalue weighted by Gasteiger charge is 2.42. The molecule has 1 aliphatic heterocycles. The molecule has 3 aromatic rings. The van der Waals surface area contributed by atoms with E-state index >= 15 is 0 Å². The van der Waals surface area contributed by atoms with Crippen LogP contribution in [0.3, 0.4) is 0 Å². The monoisotopic (exact) mass is 562 g/mol. The number of benzene rings is 3. The molecule has 0 aliphatic carbocycles. The van der Waals surface area contributed by atoms with Gasteiger partial charge in [-0.2, -0.15) is 22.0 Å². The first kappa shape index (κ1) is 28.3. The molecule has 39 heavy (non-hydrogen) atoms. The Balaban J connectivity index is 1.74. The van der Waals surface area contributed by atoms with Gasteiger partial charge in [0, 0.05) is 13.1 Å². The molecule has 4 rings (SSSR count). The third kappa shape index (κ3) is 7.22. The van der Waals surface area contributed by atoms with Gasteiger partial charge >= 0.3 is 19.2 Å². The highest BCUT2D eigenvalue weighted by atomic mass is 19.4. The van der Waals surface area contributed by atoms with Crippen molar-refractivity contribution in [2.24, 2.45) is 0 Å². The van der Waals surface area contributed by atoms with Gasteiger partial charge in [-0.15, -0.1) is 13.2 Å². The maximum absolute atomic E-state index is 13.4. The third-order valence-electron chi connectivity index (χ3n) is 6.02. The van der Waals surface area contributed by atoms with Gasteiger partial charge < -0.3 is 24.4 Å². The molecule has 0 spiro atoms. The molecule has 0 aromatic heterocycles. The second-order valence-corrected chi connectivity index (χ2v) is 8.74. The minimum absolute atomic E-state index is 0.00405. The fourth-order valence-corrected chi connectivity index (χ4v) is 4.46. The number of rotatable bonds is 8. The van der Waals surface area contributed by atoms with Crippen LogP contribution in [0.1, 0.15) is 17.2 Å². The van der Waals surface area contributed by atoms with E-state index in [-0.39, 0.29) is 18.8 Å². The molecule has 0 amide bonds. The summed E-state index contributed by atoms with van der Waals surface area (Å²) >= 11 is 0. The summed E-state index contributed by atoms with van der Waals surface area (Å²) in [6.45, 7) is -3.93. The lowest BCUT2D eigenvalue weighted by Crippen LogP contribution is -2.49. The molecule has 0 fully saturated rings. The smallest absolute Gasteiger partial charge is 0.435 e. The SMILES string of the molecule is O[C@H](CN1c2ccccc2N(Cc2cccc(OC(F)(F)F)c2)C[C@H]1c1cccc(OC(F)F)c1)C(F)(F)F. The zero-order chi connectivity index (χ0) is 28.4. The Morgan fingerprint density at radius 1 is 0.846 bits per heavy atom. The predicted octanol–water partition coefficient (Wildman–Crippen LogP) is 6.68. The van der Waals surface area contributed by atoms with Crippen LogP contribution in [0.5, 0.6) is 11.5 Å². The number of aliphatic hydroxyl groups excluding tert-OH is 1. The van der Waals surface area contributed by atoms with Crippen LogP contribution >= 0.6 is 0 Å². The molecule has 1 aliphatic rings. The number of ether oxygens (including phenoxy) is 2. The number of aliphatic hydroxyl groups is 1. The first-order chi connectivity index (χ1) is 18.3. The van der Waals surface area contributed by atoms with Gasteiger partial charge in [-0.1, -0.05) is 36.4 Å². The summed E-state index contributed by atoms with van der Waals surface area (Å²) in [6.07, 6.45) is -12.5. The summed E-state index contributed by atoms with van der Waals surface area (Å²) in [6, 6.07) is 16.3. The molecule has 0 unspecified atom stereocenters. The Morgan fingerprint density at radius 3 is 2.18 bits per heavy atom. The van der Waals surface area contributed by atoms with Crippen molar-refractivity contribution in [3.8, 4) is 11.5 Å². The van der Waals surface area contributed by atoms with Gasteiger partial charge in [0.25, 0.3) is 0 Å². The quantitative estimate of drug-likeness (QED) is 0.311. The standard InChI is InChI=1S/C26H22F8N2O3/c27-24(28)38-18-7-4-6-17(12-18)22-14-35(13-16-5-3-8-19(11-16)39-26(32,33)34)20-9-1-2-10-21(20)36(22)15-23(37)25(29,30)31/h1-12,22-24,37H,13-15H2/t22-,23+/m0/s1. The molecule has 13 heteroatoms. The topological polar surface area (TPSA) is 45.2 Å². The molecule has 3 aromatic carbocycles. The number of fused-ring (bicyclic) bond motifs is 1. The summed E-state index contributed by atoms with van der Waals surface area (Å²) in [5.41, 5.74) is 1.52. The third-order valence-corrected chi connectivity index (χ3v) is 6.02. The molecule has 0 bridgehead atoms. The van der Waals surface area contributed by atoms with Crippen molar-refractivity contribution < 1.29 is 49.7 Å². The van der Waals surface area contributed by atoms with Crippen LogP contribution in [0.15, 0.2) is 72.8 Å². The molecule has 210 valence electrons. The number of alkyl halides is 8. The predicted molar refractivity (Wildman–Crippen MR) is 126 cm³/mol. The average Bonchev–Trinajstić information content (AvgIpc) is 2.83. The van der Waals surface area contributed by atoms with Gasteiger partial charge in [-0.05, 0) is 47.5 Å². The molecule has 1 N–H and O–H groups in total. The Kier molecular flexibility index (Phi) is 8.09. The van der Waals surface area contributed by atoms with Crippen molar-refractivity contribution in [2.45, 2.75) is 37.8 Å². The average molecular weight is 562 g/mol. The van der Waals surface area contributed by atoms with Crippen LogP contribution in [0.4, 0.5) is 46.5 Å². The fourth-order valence-electron chi connectivity index (χ4n) is 4.46. The fraction of sp³-hybridized carbons (Fsp3) is 0.308. The van der Waals surface area contributed by atoms with E-state index in [1.165, 1.54) is 41.3 Å². The maximum Gasteiger partial charge on any atom is 0.573 e. The van der Waals surface area contributed by atoms with E-state index in [9.17, 15) is 40.2 Å². The molecule has 1 heterocycles. The van der Waals surface area contributed by atoms with Crippen LogP contribution in [-0.2, 0) is 6.54 Å². The van der Waals surface area contributed by atoms with Gasteiger partial charge in [0.1, 0.15) is 11.5 Å². The maximum atomic E-state index is 13.4. The van der Waals surface area contributed by atoms with E-state index in [1.807, 2.05) is 0 Å². The minimum Gasteiger partial charge on any atom is -0.435 e. The van der Waals surface area contributed by atoms with Crippen LogP contribution < -0.4 is 19.3 Å². The van der Waals surface area contributed by atoms with Gasteiger partial charge in [-0.3, -0.25) is 0 Å².